The second kappa shape index (κ2) is 10.4. The number of hydrogen-bond donors (Lipinski definition) is 3. The summed E-state index contributed by atoms with van der Waals surface area (Å²) < 4.78 is 0. The molecule has 0 aliphatic rings. The molecular weight excluding hydrogens is 250 g/mol. The minimum absolute atomic E-state index is 0.453. The maximum absolute atomic E-state index is 5.31. The van der Waals surface area contributed by atoms with Crippen LogP contribution in [0.1, 0.15) is 63.9 Å². The highest BCUT2D eigenvalue weighted by Crippen LogP contribution is 2.13. The SMILES string of the molecule is CCCCCCCCCCNc1nc(NN)ncc1C. The van der Waals surface area contributed by atoms with E-state index >= 15 is 0 Å². The van der Waals surface area contributed by atoms with Gasteiger partial charge in [-0.2, -0.15) is 4.98 Å². The summed E-state index contributed by atoms with van der Waals surface area (Å²) in [5.74, 6) is 6.63. The molecule has 0 aromatic carbocycles. The van der Waals surface area contributed by atoms with Crippen molar-refractivity contribution in [2.75, 3.05) is 17.3 Å². The fourth-order valence-corrected chi connectivity index (χ4v) is 2.16. The van der Waals surface area contributed by atoms with Crippen LogP contribution in [0.3, 0.4) is 0 Å². The molecule has 0 fully saturated rings. The predicted molar refractivity (Wildman–Crippen MR) is 85.7 cm³/mol. The number of nitrogen functional groups attached to an aromatic ring is 1. The van der Waals surface area contributed by atoms with Gasteiger partial charge in [-0.05, 0) is 13.3 Å². The van der Waals surface area contributed by atoms with Crippen molar-refractivity contribution >= 4 is 11.8 Å². The molecule has 0 saturated heterocycles. The molecule has 0 bridgehead atoms. The number of nitrogens with two attached hydrogens (primary N) is 1. The van der Waals surface area contributed by atoms with Crippen LogP contribution in [0.2, 0.25) is 0 Å². The molecule has 0 aliphatic carbocycles. The largest absolute Gasteiger partial charge is 0.370 e. The third-order valence-electron chi connectivity index (χ3n) is 3.42. The van der Waals surface area contributed by atoms with Crippen LogP contribution in [-0.4, -0.2) is 16.5 Å². The first-order chi connectivity index (χ1) is 9.77. The van der Waals surface area contributed by atoms with E-state index < -0.39 is 0 Å². The van der Waals surface area contributed by atoms with Gasteiger partial charge in [0.25, 0.3) is 0 Å². The number of unbranched alkanes of at least 4 members (excludes halogenated alkanes) is 7. The minimum atomic E-state index is 0.453. The predicted octanol–water partition coefficient (Wildman–Crippen LogP) is 3.62. The number of nitrogens with zero attached hydrogens (tertiary/aromatic N) is 2. The van der Waals surface area contributed by atoms with Crippen molar-refractivity contribution in [3.8, 4) is 0 Å². The monoisotopic (exact) mass is 279 g/mol. The van der Waals surface area contributed by atoms with Gasteiger partial charge in [0.1, 0.15) is 5.82 Å². The summed E-state index contributed by atoms with van der Waals surface area (Å²) in [6.45, 7) is 5.21. The first kappa shape index (κ1) is 16.7. The van der Waals surface area contributed by atoms with Crippen LogP contribution in [0, 0.1) is 6.92 Å². The van der Waals surface area contributed by atoms with E-state index in [0.29, 0.717) is 5.95 Å². The lowest BCUT2D eigenvalue weighted by molar-refractivity contribution is 0.581. The highest BCUT2D eigenvalue weighted by molar-refractivity contribution is 5.45. The Morgan fingerprint density at radius 2 is 1.70 bits per heavy atom. The number of aromatic nitrogens is 2. The summed E-state index contributed by atoms with van der Waals surface area (Å²) >= 11 is 0. The van der Waals surface area contributed by atoms with Crippen molar-refractivity contribution < 1.29 is 0 Å². The van der Waals surface area contributed by atoms with E-state index in [-0.39, 0.29) is 0 Å². The Labute approximate surface area is 122 Å². The van der Waals surface area contributed by atoms with E-state index in [1.165, 1.54) is 51.4 Å². The van der Waals surface area contributed by atoms with Crippen LogP contribution >= 0.6 is 0 Å². The highest BCUT2D eigenvalue weighted by Gasteiger charge is 2.01. The Morgan fingerprint density at radius 3 is 2.35 bits per heavy atom. The van der Waals surface area contributed by atoms with Crippen molar-refractivity contribution in [2.45, 2.75) is 65.2 Å². The molecule has 0 atom stereocenters. The van der Waals surface area contributed by atoms with Gasteiger partial charge >= 0.3 is 0 Å². The molecule has 20 heavy (non-hydrogen) atoms. The van der Waals surface area contributed by atoms with E-state index in [1.807, 2.05) is 6.92 Å². The van der Waals surface area contributed by atoms with Gasteiger partial charge in [-0.25, -0.2) is 10.8 Å². The van der Waals surface area contributed by atoms with Crippen molar-refractivity contribution in [1.29, 1.82) is 0 Å². The maximum Gasteiger partial charge on any atom is 0.239 e. The van der Waals surface area contributed by atoms with E-state index in [4.69, 9.17) is 5.84 Å². The summed E-state index contributed by atoms with van der Waals surface area (Å²) in [7, 11) is 0. The Balaban J connectivity index is 2.09. The normalized spacial score (nSPS) is 10.6. The average molecular weight is 279 g/mol. The number of hydrazine groups is 1. The third kappa shape index (κ3) is 6.70. The minimum Gasteiger partial charge on any atom is -0.370 e. The number of nitrogens with one attached hydrogen (secondary N) is 2. The van der Waals surface area contributed by atoms with Crippen molar-refractivity contribution in [1.82, 2.24) is 9.97 Å². The molecule has 5 nitrogen and oxygen atoms in total. The number of anilines is 2. The molecule has 1 aromatic rings. The van der Waals surface area contributed by atoms with E-state index in [9.17, 15) is 0 Å². The van der Waals surface area contributed by atoms with Gasteiger partial charge in [0.2, 0.25) is 5.95 Å². The molecule has 114 valence electrons. The van der Waals surface area contributed by atoms with E-state index in [1.54, 1.807) is 6.20 Å². The van der Waals surface area contributed by atoms with Gasteiger partial charge in [0, 0.05) is 18.3 Å². The molecule has 1 rings (SSSR count). The van der Waals surface area contributed by atoms with Gasteiger partial charge < -0.3 is 5.32 Å². The summed E-state index contributed by atoms with van der Waals surface area (Å²) in [4.78, 5) is 8.36. The second-order valence-corrected chi connectivity index (χ2v) is 5.27. The number of hydrogen-bond acceptors (Lipinski definition) is 5. The van der Waals surface area contributed by atoms with Crippen molar-refractivity contribution in [2.24, 2.45) is 5.84 Å². The second-order valence-electron chi connectivity index (χ2n) is 5.27. The summed E-state index contributed by atoms with van der Waals surface area (Å²) in [6.07, 6.45) is 12.4. The zero-order chi connectivity index (χ0) is 14.6. The van der Waals surface area contributed by atoms with E-state index in [2.05, 4.69) is 27.6 Å². The van der Waals surface area contributed by atoms with Crippen LogP contribution in [-0.2, 0) is 0 Å². The quantitative estimate of drug-likeness (QED) is 0.328. The molecule has 1 heterocycles. The van der Waals surface area contributed by atoms with Gasteiger partial charge in [0.05, 0.1) is 0 Å². The van der Waals surface area contributed by atoms with Gasteiger partial charge in [-0.3, -0.25) is 5.43 Å². The third-order valence-corrected chi connectivity index (χ3v) is 3.42. The zero-order valence-electron chi connectivity index (χ0n) is 12.9. The molecule has 5 heteroatoms. The Bertz CT molecular complexity index is 367. The van der Waals surface area contributed by atoms with Gasteiger partial charge in [-0.1, -0.05) is 51.9 Å². The lowest BCUT2D eigenvalue weighted by Gasteiger charge is -2.09. The van der Waals surface area contributed by atoms with Gasteiger partial charge in [-0.15, -0.1) is 0 Å². The summed E-state index contributed by atoms with van der Waals surface area (Å²) in [5, 5.41) is 3.35. The van der Waals surface area contributed by atoms with Crippen LogP contribution in [0.15, 0.2) is 6.20 Å². The molecule has 0 unspecified atom stereocenters. The Kier molecular flexibility index (Phi) is 8.71. The van der Waals surface area contributed by atoms with Gasteiger partial charge in [0.15, 0.2) is 0 Å². The topological polar surface area (TPSA) is 75.9 Å². The highest BCUT2D eigenvalue weighted by atomic mass is 15.3. The molecule has 0 saturated carbocycles. The van der Waals surface area contributed by atoms with Crippen LogP contribution in [0.4, 0.5) is 11.8 Å². The first-order valence-electron chi connectivity index (χ1n) is 7.82. The smallest absolute Gasteiger partial charge is 0.239 e. The van der Waals surface area contributed by atoms with Crippen LogP contribution in [0.5, 0.6) is 0 Å². The number of aryl methyl sites for hydroxylation is 1. The number of rotatable bonds is 11. The van der Waals surface area contributed by atoms with E-state index in [0.717, 1.165) is 17.9 Å². The molecule has 4 N–H and O–H groups in total. The fourth-order valence-electron chi connectivity index (χ4n) is 2.16. The molecule has 0 amide bonds. The average Bonchev–Trinajstić information content (AvgIpc) is 2.47. The first-order valence-corrected chi connectivity index (χ1v) is 7.82. The summed E-state index contributed by atoms with van der Waals surface area (Å²) in [6, 6.07) is 0. The van der Waals surface area contributed by atoms with Crippen LogP contribution in [0.25, 0.3) is 0 Å². The lowest BCUT2D eigenvalue weighted by atomic mass is 10.1. The lowest BCUT2D eigenvalue weighted by Crippen LogP contribution is -2.13. The molecule has 1 aromatic heterocycles. The molecule has 0 spiro atoms. The van der Waals surface area contributed by atoms with Crippen LogP contribution < -0.4 is 16.6 Å². The maximum atomic E-state index is 5.31. The molecule has 0 radical (unpaired) electrons. The Hall–Kier alpha value is -1.36. The molecular formula is C15H29N5. The van der Waals surface area contributed by atoms with Crippen molar-refractivity contribution in [3.63, 3.8) is 0 Å². The van der Waals surface area contributed by atoms with Crippen molar-refractivity contribution in [3.05, 3.63) is 11.8 Å². The Morgan fingerprint density at radius 1 is 1.05 bits per heavy atom. The standard InChI is InChI=1S/C15H29N5/c1-3-4-5-6-7-8-9-10-11-17-14-13(2)12-18-15(19-14)20-16/h12H,3-11,16H2,1-2H3,(H2,17,18,19,20). The molecule has 0 aliphatic heterocycles. The summed E-state index contributed by atoms with van der Waals surface area (Å²) in [5.41, 5.74) is 3.51. The zero-order valence-corrected chi connectivity index (χ0v) is 12.9. The fraction of sp³-hybridized carbons (Fsp3) is 0.733.